The first kappa shape index (κ1) is 16.1. The molecule has 5 nitrogen and oxygen atoms in total. The summed E-state index contributed by atoms with van der Waals surface area (Å²) in [6.45, 7) is 0.550. The number of benzene rings is 2. The Kier molecular flexibility index (Phi) is 4.38. The highest BCUT2D eigenvalue weighted by Crippen LogP contribution is 2.22. The van der Waals surface area contributed by atoms with Gasteiger partial charge in [0.2, 0.25) is 0 Å². The molecule has 2 aromatic heterocycles. The third kappa shape index (κ3) is 3.23. The van der Waals surface area contributed by atoms with Gasteiger partial charge in [0.15, 0.2) is 10.7 Å². The van der Waals surface area contributed by atoms with E-state index in [9.17, 15) is 4.79 Å². The van der Waals surface area contributed by atoms with E-state index in [4.69, 9.17) is 16.0 Å². The van der Waals surface area contributed by atoms with Crippen LogP contribution in [0.25, 0.3) is 16.8 Å². The topological polar surface area (TPSA) is 53.0 Å². The molecule has 0 atom stereocenters. The predicted molar refractivity (Wildman–Crippen MR) is 99.8 cm³/mol. The van der Waals surface area contributed by atoms with Gasteiger partial charge in [0.05, 0.1) is 5.52 Å². The molecule has 0 amide bonds. The number of imidazole rings is 1. The maximum atomic E-state index is 12.0. The van der Waals surface area contributed by atoms with E-state index in [1.807, 2.05) is 53.2 Å². The number of fused-ring (bicyclic) bond motifs is 1. The molecule has 0 spiro atoms. The zero-order valence-electron chi connectivity index (χ0n) is 13.1. The van der Waals surface area contributed by atoms with Crippen LogP contribution < -0.4 is 5.76 Å². The Morgan fingerprint density at radius 1 is 1.12 bits per heavy atom. The third-order valence-electron chi connectivity index (χ3n) is 3.83. The van der Waals surface area contributed by atoms with E-state index in [0.29, 0.717) is 22.9 Å². The van der Waals surface area contributed by atoms with Crippen LogP contribution in [0, 0.1) is 0 Å². The molecule has 126 valence electrons. The second kappa shape index (κ2) is 6.82. The highest BCUT2D eigenvalue weighted by molar-refractivity contribution is 7.99. The molecule has 0 fully saturated rings. The van der Waals surface area contributed by atoms with Gasteiger partial charge in [-0.25, -0.2) is 9.78 Å². The van der Waals surface area contributed by atoms with Crippen LogP contribution in [0.15, 0.2) is 75.3 Å². The minimum Gasteiger partial charge on any atom is -0.408 e. The number of oxazole rings is 1. The molecule has 0 aliphatic rings. The summed E-state index contributed by atoms with van der Waals surface area (Å²) in [7, 11) is 0. The molecule has 0 saturated heterocycles. The summed E-state index contributed by atoms with van der Waals surface area (Å²) in [6, 6.07) is 15.0. The van der Waals surface area contributed by atoms with Crippen LogP contribution in [0.3, 0.4) is 0 Å². The summed E-state index contributed by atoms with van der Waals surface area (Å²) < 4.78 is 8.90. The lowest BCUT2D eigenvalue weighted by Gasteiger charge is -2.08. The molecule has 2 aromatic carbocycles. The van der Waals surface area contributed by atoms with Gasteiger partial charge in [-0.2, -0.15) is 0 Å². The number of thioether (sulfide) groups is 1. The van der Waals surface area contributed by atoms with E-state index in [1.54, 1.807) is 28.6 Å². The number of rotatable bonds is 5. The van der Waals surface area contributed by atoms with Gasteiger partial charge in [-0.3, -0.25) is 9.13 Å². The predicted octanol–water partition coefficient (Wildman–Crippen LogP) is 4.23. The molecule has 7 heteroatoms. The molecule has 0 unspecified atom stereocenters. The summed E-state index contributed by atoms with van der Waals surface area (Å²) in [6.07, 6.45) is 3.67. The smallest absolute Gasteiger partial charge is 0.408 e. The van der Waals surface area contributed by atoms with Crippen LogP contribution in [0.1, 0.15) is 0 Å². The Balaban J connectivity index is 1.51. The van der Waals surface area contributed by atoms with Crippen molar-refractivity contribution in [2.75, 3.05) is 5.75 Å². The van der Waals surface area contributed by atoms with E-state index in [0.717, 1.165) is 16.4 Å². The molecule has 25 heavy (non-hydrogen) atoms. The largest absolute Gasteiger partial charge is 0.419 e. The molecular formula is C18H14ClN3O2S. The molecule has 0 aliphatic heterocycles. The molecule has 0 saturated carbocycles. The number of hydrogen-bond donors (Lipinski definition) is 0. The van der Waals surface area contributed by atoms with E-state index in [-0.39, 0.29) is 5.76 Å². The van der Waals surface area contributed by atoms with Crippen molar-refractivity contribution in [1.82, 2.24) is 14.1 Å². The van der Waals surface area contributed by atoms with Crippen LogP contribution in [0.2, 0.25) is 5.02 Å². The summed E-state index contributed by atoms with van der Waals surface area (Å²) in [5, 5.41) is 1.56. The summed E-state index contributed by atoms with van der Waals surface area (Å²) in [5.74, 6) is 0.372. The standard InChI is InChI=1S/C18H14ClN3O2S/c19-13-5-7-14(8-6-13)21-10-9-20-17(21)25-12-11-22-15-3-1-2-4-16(15)24-18(22)23/h1-10H,11-12H2. The van der Waals surface area contributed by atoms with Gasteiger partial charge >= 0.3 is 5.76 Å². The number of aromatic nitrogens is 3. The van der Waals surface area contributed by atoms with E-state index >= 15 is 0 Å². The van der Waals surface area contributed by atoms with Crippen LogP contribution in [0.5, 0.6) is 0 Å². The Morgan fingerprint density at radius 3 is 2.76 bits per heavy atom. The highest BCUT2D eigenvalue weighted by atomic mass is 35.5. The van der Waals surface area contributed by atoms with Crippen LogP contribution in [-0.2, 0) is 6.54 Å². The molecule has 2 heterocycles. The maximum absolute atomic E-state index is 12.0. The molecule has 0 radical (unpaired) electrons. The monoisotopic (exact) mass is 371 g/mol. The van der Waals surface area contributed by atoms with Gasteiger partial charge in [0.25, 0.3) is 0 Å². The lowest BCUT2D eigenvalue weighted by atomic mass is 10.3. The second-order valence-corrected chi connectivity index (χ2v) is 6.89. The fraction of sp³-hybridized carbons (Fsp3) is 0.111. The fourth-order valence-electron chi connectivity index (χ4n) is 2.65. The first-order valence-corrected chi connectivity index (χ1v) is 9.09. The van der Waals surface area contributed by atoms with Crippen molar-refractivity contribution in [3.63, 3.8) is 0 Å². The number of nitrogens with zero attached hydrogens (tertiary/aromatic N) is 3. The quantitative estimate of drug-likeness (QED) is 0.493. The normalized spacial score (nSPS) is 11.2. The van der Waals surface area contributed by atoms with Crippen LogP contribution in [-0.4, -0.2) is 19.9 Å². The summed E-state index contributed by atoms with van der Waals surface area (Å²) >= 11 is 7.53. The number of hydrogen-bond acceptors (Lipinski definition) is 4. The van der Waals surface area contributed by atoms with Gasteiger partial charge in [-0.05, 0) is 36.4 Å². The highest BCUT2D eigenvalue weighted by Gasteiger charge is 2.10. The lowest BCUT2D eigenvalue weighted by Crippen LogP contribution is -2.15. The van der Waals surface area contributed by atoms with Gasteiger partial charge in [-0.15, -0.1) is 0 Å². The van der Waals surface area contributed by atoms with Crippen LogP contribution in [0.4, 0.5) is 0 Å². The first-order chi connectivity index (χ1) is 12.2. The lowest BCUT2D eigenvalue weighted by molar-refractivity contribution is 0.514. The molecule has 0 bridgehead atoms. The third-order valence-corrected chi connectivity index (χ3v) is 5.03. The van der Waals surface area contributed by atoms with Gasteiger partial charge < -0.3 is 4.42 Å². The fourth-order valence-corrected chi connectivity index (χ4v) is 3.67. The minimum absolute atomic E-state index is 0.331. The van der Waals surface area contributed by atoms with Gasteiger partial charge in [-0.1, -0.05) is 35.5 Å². The van der Waals surface area contributed by atoms with Crippen molar-refractivity contribution in [3.8, 4) is 5.69 Å². The summed E-state index contributed by atoms with van der Waals surface area (Å²) in [4.78, 5) is 16.4. The molecule has 0 N–H and O–H groups in total. The average molecular weight is 372 g/mol. The Bertz CT molecular complexity index is 1070. The molecule has 0 aliphatic carbocycles. The summed E-state index contributed by atoms with van der Waals surface area (Å²) in [5.41, 5.74) is 2.42. The zero-order chi connectivity index (χ0) is 17.2. The number of para-hydroxylation sites is 2. The molecule has 4 rings (SSSR count). The minimum atomic E-state index is -0.331. The van der Waals surface area contributed by atoms with Gasteiger partial charge in [0, 0.05) is 35.4 Å². The average Bonchev–Trinajstić information content (AvgIpc) is 3.20. The van der Waals surface area contributed by atoms with Gasteiger partial charge in [0.1, 0.15) is 0 Å². The first-order valence-electron chi connectivity index (χ1n) is 7.73. The SMILES string of the molecule is O=c1oc2ccccc2n1CCSc1nccn1-c1ccc(Cl)cc1. The maximum Gasteiger partial charge on any atom is 0.419 e. The Labute approximate surface area is 152 Å². The van der Waals surface area contributed by atoms with E-state index in [1.165, 1.54) is 0 Å². The van der Waals surface area contributed by atoms with Crippen molar-refractivity contribution in [3.05, 3.63) is 76.5 Å². The number of aryl methyl sites for hydroxylation is 1. The molecular weight excluding hydrogens is 358 g/mol. The zero-order valence-corrected chi connectivity index (χ0v) is 14.7. The second-order valence-electron chi connectivity index (χ2n) is 5.39. The van der Waals surface area contributed by atoms with Crippen molar-refractivity contribution in [2.24, 2.45) is 0 Å². The van der Waals surface area contributed by atoms with Crippen molar-refractivity contribution in [2.45, 2.75) is 11.7 Å². The van der Waals surface area contributed by atoms with Crippen LogP contribution >= 0.6 is 23.4 Å². The van der Waals surface area contributed by atoms with Crippen molar-refractivity contribution < 1.29 is 4.42 Å². The van der Waals surface area contributed by atoms with Crippen molar-refractivity contribution >= 4 is 34.5 Å². The van der Waals surface area contributed by atoms with Crippen molar-refractivity contribution in [1.29, 1.82) is 0 Å². The Morgan fingerprint density at radius 2 is 1.92 bits per heavy atom. The number of halogens is 1. The van der Waals surface area contributed by atoms with E-state index < -0.39 is 0 Å². The Hall–Kier alpha value is -2.44. The molecule has 4 aromatic rings. The van der Waals surface area contributed by atoms with E-state index in [2.05, 4.69) is 4.98 Å².